The second-order valence-corrected chi connectivity index (χ2v) is 7.87. The van der Waals surface area contributed by atoms with Crippen molar-refractivity contribution in [3.8, 4) is 0 Å². The van der Waals surface area contributed by atoms with Crippen molar-refractivity contribution in [3.63, 3.8) is 0 Å². The first-order valence-electron chi connectivity index (χ1n) is 8.62. The lowest BCUT2D eigenvalue weighted by Gasteiger charge is -2.12. The van der Waals surface area contributed by atoms with Gasteiger partial charge in [0.05, 0.1) is 16.1 Å². The number of nitrogens with one attached hydrogen (secondary N) is 1. The number of aromatic nitrogens is 1. The smallest absolute Gasteiger partial charge is 0.261 e. The van der Waals surface area contributed by atoms with Crippen LogP contribution in [-0.4, -0.2) is 19.2 Å². The van der Waals surface area contributed by atoms with E-state index < -0.39 is 10.0 Å². The Bertz CT molecular complexity index is 1250. The first-order valence-corrected chi connectivity index (χ1v) is 10.1. The lowest BCUT2D eigenvalue weighted by Crippen LogP contribution is -2.14. The molecule has 4 rings (SSSR count). The summed E-state index contributed by atoms with van der Waals surface area (Å²) in [5.74, 6) is -0.272. The fraction of sp³-hybridized carbons (Fsp3) is 0. The van der Waals surface area contributed by atoms with Gasteiger partial charge in [0.2, 0.25) is 5.78 Å². The number of nitrogens with zero attached hydrogens (tertiary/aromatic N) is 1. The van der Waals surface area contributed by atoms with Crippen LogP contribution in [0, 0.1) is 0 Å². The minimum absolute atomic E-state index is 0.145. The van der Waals surface area contributed by atoms with Crippen molar-refractivity contribution >= 4 is 32.4 Å². The molecule has 0 saturated carbocycles. The van der Waals surface area contributed by atoms with Gasteiger partial charge < -0.3 is 0 Å². The maximum atomic E-state index is 12.8. The number of benzene rings is 3. The van der Waals surface area contributed by atoms with Crippen LogP contribution < -0.4 is 4.72 Å². The third-order valence-corrected chi connectivity index (χ3v) is 5.66. The minimum atomic E-state index is -3.80. The second-order valence-electron chi connectivity index (χ2n) is 6.19. The molecule has 6 heteroatoms. The van der Waals surface area contributed by atoms with Crippen molar-refractivity contribution in [2.45, 2.75) is 4.90 Å². The first-order chi connectivity index (χ1) is 13.5. The minimum Gasteiger partial charge on any atom is -0.287 e. The van der Waals surface area contributed by atoms with E-state index in [1.54, 1.807) is 66.7 Å². The van der Waals surface area contributed by atoms with Crippen molar-refractivity contribution in [2.24, 2.45) is 0 Å². The fourth-order valence-corrected chi connectivity index (χ4v) is 4.01. The molecule has 0 aliphatic rings. The molecule has 0 radical (unpaired) electrons. The number of hydrogen-bond donors (Lipinski definition) is 1. The number of carbonyl (C=O) groups is 1. The summed E-state index contributed by atoms with van der Waals surface area (Å²) in [5.41, 5.74) is 1.52. The van der Waals surface area contributed by atoms with E-state index in [9.17, 15) is 13.2 Å². The van der Waals surface area contributed by atoms with Crippen molar-refractivity contribution in [3.05, 3.63) is 102 Å². The molecular weight excluding hydrogens is 372 g/mol. The lowest BCUT2D eigenvalue weighted by molar-refractivity contribution is 0.103. The van der Waals surface area contributed by atoms with Crippen molar-refractivity contribution in [1.82, 2.24) is 4.98 Å². The number of pyridine rings is 1. The number of rotatable bonds is 5. The van der Waals surface area contributed by atoms with Gasteiger partial charge in [0.1, 0.15) is 5.69 Å². The maximum absolute atomic E-state index is 12.8. The Morgan fingerprint density at radius 1 is 0.786 bits per heavy atom. The number of para-hydroxylation sites is 1. The molecule has 0 spiro atoms. The summed E-state index contributed by atoms with van der Waals surface area (Å²) in [4.78, 5) is 17.4. The van der Waals surface area contributed by atoms with Crippen LogP contribution in [-0.2, 0) is 10.0 Å². The number of carbonyl (C=O) groups excluding carboxylic acids is 1. The number of hydrogen-bond acceptors (Lipinski definition) is 4. The Kier molecular flexibility index (Phi) is 4.63. The van der Waals surface area contributed by atoms with Gasteiger partial charge >= 0.3 is 0 Å². The highest BCUT2D eigenvalue weighted by Crippen LogP contribution is 2.26. The predicted molar refractivity (Wildman–Crippen MR) is 109 cm³/mol. The Morgan fingerprint density at radius 3 is 2.11 bits per heavy atom. The van der Waals surface area contributed by atoms with E-state index in [1.807, 2.05) is 6.07 Å². The van der Waals surface area contributed by atoms with E-state index in [2.05, 4.69) is 9.71 Å². The molecule has 0 aliphatic carbocycles. The summed E-state index contributed by atoms with van der Waals surface area (Å²) < 4.78 is 28.2. The molecular formula is C22H16N2O3S. The Balaban J connectivity index is 1.83. The predicted octanol–water partition coefficient (Wildman–Crippen LogP) is 4.27. The zero-order chi connectivity index (χ0) is 19.6. The Morgan fingerprint density at radius 2 is 1.39 bits per heavy atom. The second kappa shape index (κ2) is 7.25. The molecule has 0 atom stereocenters. The molecule has 1 N–H and O–H groups in total. The largest absolute Gasteiger partial charge is 0.287 e. The normalized spacial score (nSPS) is 11.3. The Labute approximate surface area is 162 Å². The van der Waals surface area contributed by atoms with Gasteiger partial charge in [-0.2, -0.15) is 0 Å². The van der Waals surface area contributed by atoms with Crippen molar-refractivity contribution < 1.29 is 13.2 Å². The van der Waals surface area contributed by atoms with Gasteiger partial charge in [-0.1, -0.05) is 66.7 Å². The quantitative estimate of drug-likeness (QED) is 0.518. The summed E-state index contributed by atoms with van der Waals surface area (Å²) in [6, 6.07) is 25.4. The van der Waals surface area contributed by atoms with Gasteiger partial charge in [-0.05, 0) is 24.3 Å². The maximum Gasteiger partial charge on any atom is 0.261 e. The SMILES string of the molecule is O=C(c1ccccc1)c1cc(NS(=O)(=O)c2ccccc2)c2ccccc2n1. The van der Waals surface area contributed by atoms with Gasteiger partial charge in [0.25, 0.3) is 10.0 Å². The number of anilines is 1. The molecule has 1 aromatic heterocycles. The van der Waals surface area contributed by atoms with E-state index in [-0.39, 0.29) is 16.4 Å². The molecule has 3 aromatic carbocycles. The molecule has 1 heterocycles. The van der Waals surface area contributed by atoms with E-state index in [0.29, 0.717) is 22.2 Å². The van der Waals surface area contributed by atoms with Crippen LogP contribution in [0.25, 0.3) is 10.9 Å². The monoisotopic (exact) mass is 388 g/mol. The molecule has 0 saturated heterocycles. The molecule has 5 nitrogen and oxygen atoms in total. The zero-order valence-electron chi connectivity index (χ0n) is 14.7. The van der Waals surface area contributed by atoms with Gasteiger partial charge in [-0.15, -0.1) is 0 Å². The number of sulfonamides is 1. The molecule has 0 aliphatic heterocycles. The molecule has 138 valence electrons. The van der Waals surface area contributed by atoms with Crippen LogP contribution in [0.1, 0.15) is 16.1 Å². The summed E-state index contributed by atoms with van der Waals surface area (Å²) in [5, 5.41) is 0.617. The average Bonchev–Trinajstić information content (AvgIpc) is 2.74. The third-order valence-electron chi connectivity index (χ3n) is 4.28. The van der Waals surface area contributed by atoms with Crippen molar-refractivity contribution in [1.29, 1.82) is 0 Å². The summed E-state index contributed by atoms with van der Waals surface area (Å²) in [6.07, 6.45) is 0. The van der Waals surface area contributed by atoms with Gasteiger partial charge in [-0.3, -0.25) is 9.52 Å². The molecule has 28 heavy (non-hydrogen) atoms. The first kappa shape index (κ1) is 17.9. The standard InChI is InChI=1S/C22H16N2O3S/c25-22(16-9-3-1-4-10-16)21-15-20(18-13-7-8-14-19(18)23-21)24-28(26,27)17-11-5-2-6-12-17/h1-15H,(H,23,24). The van der Waals surface area contributed by atoms with Gasteiger partial charge in [-0.25, -0.2) is 13.4 Å². The summed E-state index contributed by atoms with van der Waals surface area (Å²) in [6.45, 7) is 0. The third kappa shape index (κ3) is 3.50. The van der Waals surface area contributed by atoms with Crippen molar-refractivity contribution in [2.75, 3.05) is 4.72 Å². The van der Waals surface area contributed by atoms with Crippen LogP contribution in [0.15, 0.2) is 95.9 Å². The molecule has 0 bridgehead atoms. The summed E-state index contributed by atoms with van der Waals surface area (Å²) >= 11 is 0. The zero-order valence-corrected chi connectivity index (χ0v) is 15.6. The average molecular weight is 388 g/mol. The lowest BCUT2D eigenvalue weighted by atomic mass is 10.1. The molecule has 0 amide bonds. The number of fused-ring (bicyclic) bond motifs is 1. The van der Waals surface area contributed by atoms with E-state index in [4.69, 9.17) is 0 Å². The van der Waals surface area contributed by atoms with Crippen LogP contribution in [0.5, 0.6) is 0 Å². The molecule has 0 fully saturated rings. The van der Waals surface area contributed by atoms with E-state index in [0.717, 1.165) is 0 Å². The van der Waals surface area contributed by atoms with Gasteiger partial charge in [0, 0.05) is 10.9 Å². The van der Waals surface area contributed by atoms with E-state index in [1.165, 1.54) is 18.2 Å². The highest BCUT2D eigenvalue weighted by atomic mass is 32.2. The summed E-state index contributed by atoms with van der Waals surface area (Å²) in [7, 11) is -3.80. The van der Waals surface area contributed by atoms with Crippen LogP contribution in [0.4, 0.5) is 5.69 Å². The topological polar surface area (TPSA) is 76.1 Å². The highest BCUT2D eigenvalue weighted by molar-refractivity contribution is 7.92. The highest BCUT2D eigenvalue weighted by Gasteiger charge is 2.18. The van der Waals surface area contributed by atoms with Crippen LogP contribution >= 0.6 is 0 Å². The van der Waals surface area contributed by atoms with Crippen LogP contribution in [0.3, 0.4) is 0 Å². The van der Waals surface area contributed by atoms with Crippen LogP contribution in [0.2, 0.25) is 0 Å². The molecule has 0 unspecified atom stereocenters. The van der Waals surface area contributed by atoms with Gasteiger partial charge in [0.15, 0.2) is 0 Å². The Hall–Kier alpha value is -3.51. The molecule has 4 aromatic rings. The van der Waals surface area contributed by atoms with E-state index >= 15 is 0 Å². The number of ketones is 1. The fourth-order valence-electron chi connectivity index (χ4n) is 2.92.